The fraction of sp³-hybridized carbons (Fsp3) is 0. The number of para-hydroxylation sites is 2. The van der Waals surface area contributed by atoms with E-state index in [1.165, 1.54) is 33.0 Å². The van der Waals surface area contributed by atoms with Crippen molar-refractivity contribution >= 4 is 49.8 Å². The molecular formula is C40H27NO. The molecule has 2 heteroatoms. The van der Waals surface area contributed by atoms with Gasteiger partial charge in [-0.05, 0) is 58.0 Å². The SMILES string of the molecule is c1ccc(-c2ccc(-c3cccc(N(c4ccccc4)c4cc5oc6ccccc6c5c5ccccc45)c3)cc2)cc1. The van der Waals surface area contributed by atoms with Crippen LogP contribution < -0.4 is 4.90 Å². The van der Waals surface area contributed by atoms with Crippen molar-refractivity contribution < 1.29 is 4.42 Å². The van der Waals surface area contributed by atoms with Gasteiger partial charge in [-0.2, -0.15) is 0 Å². The standard InChI is InChI=1S/C40H27NO/c1-3-12-28(13-4-1)29-22-24-30(25-23-29)31-14-11-17-33(26-31)41(32-15-5-2-6-16-32)37-27-39-40(35-19-8-7-18-34(35)37)36-20-9-10-21-38(36)42-39/h1-27H. The maximum absolute atomic E-state index is 6.44. The lowest BCUT2D eigenvalue weighted by molar-refractivity contribution is 0.669. The highest BCUT2D eigenvalue weighted by molar-refractivity contribution is 6.22. The molecule has 8 aromatic rings. The minimum absolute atomic E-state index is 0.887. The van der Waals surface area contributed by atoms with Gasteiger partial charge in [0.15, 0.2) is 0 Å². The Kier molecular flexibility index (Phi) is 5.82. The average Bonchev–Trinajstić information content (AvgIpc) is 3.45. The van der Waals surface area contributed by atoms with Crippen molar-refractivity contribution in [2.24, 2.45) is 0 Å². The third-order valence-electron chi connectivity index (χ3n) is 8.05. The summed E-state index contributed by atoms with van der Waals surface area (Å²) in [6.07, 6.45) is 0. The number of fused-ring (bicyclic) bond motifs is 5. The maximum Gasteiger partial charge on any atom is 0.138 e. The first-order valence-corrected chi connectivity index (χ1v) is 14.3. The third kappa shape index (κ3) is 4.13. The van der Waals surface area contributed by atoms with Gasteiger partial charge in [0.1, 0.15) is 11.2 Å². The summed E-state index contributed by atoms with van der Waals surface area (Å²) < 4.78 is 6.44. The average molecular weight is 538 g/mol. The monoisotopic (exact) mass is 537 g/mol. The highest BCUT2D eigenvalue weighted by Gasteiger charge is 2.20. The predicted octanol–water partition coefficient (Wildman–Crippen LogP) is 11.5. The van der Waals surface area contributed by atoms with Crippen molar-refractivity contribution in [3.8, 4) is 22.3 Å². The van der Waals surface area contributed by atoms with Crippen LogP contribution in [0.25, 0.3) is 55.0 Å². The van der Waals surface area contributed by atoms with Crippen LogP contribution in [0.3, 0.4) is 0 Å². The third-order valence-corrected chi connectivity index (χ3v) is 8.05. The summed E-state index contributed by atoms with van der Waals surface area (Å²) in [5.41, 5.74) is 9.85. The molecule has 198 valence electrons. The molecule has 0 radical (unpaired) electrons. The van der Waals surface area contributed by atoms with Crippen LogP contribution in [0, 0.1) is 0 Å². The number of anilines is 3. The lowest BCUT2D eigenvalue weighted by Gasteiger charge is -2.27. The van der Waals surface area contributed by atoms with E-state index >= 15 is 0 Å². The number of hydrogen-bond acceptors (Lipinski definition) is 2. The summed E-state index contributed by atoms with van der Waals surface area (Å²) in [5, 5.41) is 4.66. The fourth-order valence-electron chi connectivity index (χ4n) is 6.07. The van der Waals surface area contributed by atoms with Crippen molar-refractivity contribution in [2.75, 3.05) is 4.90 Å². The van der Waals surface area contributed by atoms with Crippen molar-refractivity contribution in [1.82, 2.24) is 0 Å². The Morgan fingerprint density at radius 1 is 0.357 bits per heavy atom. The summed E-state index contributed by atoms with van der Waals surface area (Å²) >= 11 is 0. The second-order valence-electron chi connectivity index (χ2n) is 10.6. The van der Waals surface area contributed by atoms with Crippen LogP contribution in [-0.2, 0) is 0 Å². The molecule has 7 aromatic carbocycles. The highest BCUT2D eigenvalue weighted by Crippen LogP contribution is 2.45. The topological polar surface area (TPSA) is 16.4 Å². The predicted molar refractivity (Wildman–Crippen MR) is 177 cm³/mol. The number of hydrogen-bond donors (Lipinski definition) is 0. The first-order valence-electron chi connectivity index (χ1n) is 14.3. The molecule has 0 aliphatic heterocycles. The van der Waals surface area contributed by atoms with Gasteiger partial charge in [0, 0.05) is 33.6 Å². The highest BCUT2D eigenvalue weighted by atomic mass is 16.3. The number of benzene rings is 7. The van der Waals surface area contributed by atoms with E-state index in [-0.39, 0.29) is 0 Å². The van der Waals surface area contributed by atoms with E-state index in [2.05, 4.69) is 157 Å². The molecule has 0 spiro atoms. The first kappa shape index (κ1) is 24.2. The lowest BCUT2D eigenvalue weighted by Crippen LogP contribution is -2.10. The molecule has 0 unspecified atom stereocenters. The number of nitrogens with zero attached hydrogens (tertiary/aromatic N) is 1. The largest absolute Gasteiger partial charge is 0.456 e. The molecule has 1 heterocycles. The fourth-order valence-corrected chi connectivity index (χ4v) is 6.07. The van der Waals surface area contributed by atoms with E-state index in [9.17, 15) is 0 Å². The van der Waals surface area contributed by atoms with Crippen LogP contribution in [0.2, 0.25) is 0 Å². The minimum Gasteiger partial charge on any atom is -0.456 e. The number of rotatable bonds is 5. The van der Waals surface area contributed by atoms with Gasteiger partial charge in [0.05, 0.1) is 5.69 Å². The first-order chi connectivity index (χ1) is 20.8. The Morgan fingerprint density at radius 2 is 0.905 bits per heavy atom. The van der Waals surface area contributed by atoms with Crippen molar-refractivity contribution in [3.05, 3.63) is 164 Å². The summed E-state index contributed by atoms with van der Waals surface area (Å²) in [4.78, 5) is 2.34. The zero-order valence-electron chi connectivity index (χ0n) is 22.9. The molecule has 0 fully saturated rings. The van der Waals surface area contributed by atoms with Gasteiger partial charge in [-0.1, -0.05) is 127 Å². The van der Waals surface area contributed by atoms with E-state index < -0.39 is 0 Å². The van der Waals surface area contributed by atoms with Crippen LogP contribution in [0.4, 0.5) is 17.1 Å². The van der Waals surface area contributed by atoms with Gasteiger partial charge in [0.2, 0.25) is 0 Å². The second-order valence-corrected chi connectivity index (χ2v) is 10.6. The Bertz CT molecular complexity index is 2180. The molecule has 2 nitrogen and oxygen atoms in total. The molecule has 1 aromatic heterocycles. The van der Waals surface area contributed by atoms with E-state index in [4.69, 9.17) is 4.42 Å². The molecule has 0 N–H and O–H groups in total. The van der Waals surface area contributed by atoms with E-state index in [0.29, 0.717) is 0 Å². The molecule has 0 aliphatic carbocycles. The molecule has 0 atom stereocenters. The minimum atomic E-state index is 0.887. The van der Waals surface area contributed by atoms with E-state index in [1.54, 1.807) is 0 Å². The Balaban J connectivity index is 1.31. The Labute approximate surface area is 244 Å². The smallest absolute Gasteiger partial charge is 0.138 e. The zero-order valence-corrected chi connectivity index (χ0v) is 22.9. The summed E-state index contributed by atoms with van der Waals surface area (Å²) in [6.45, 7) is 0. The molecular weight excluding hydrogens is 510 g/mol. The van der Waals surface area contributed by atoms with Gasteiger partial charge < -0.3 is 9.32 Å². The number of furan rings is 1. The van der Waals surface area contributed by atoms with Gasteiger partial charge in [0.25, 0.3) is 0 Å². The molecule has 0 saturated carbocycles. The Morgan fingerprint density at radius 3 is 1.67 bits per heavy atom. The molecule has 8 rings (SSSR count). The van der Waals surface area contributed by atoms with Crippen LogP contribution in [0.15, 0.2) is 168 Å². The molecule has 0 saturated heterocycles. The molecule has 0 bridgehead atoms. The summed E-state index contributed by atoms with van der Waals surface area (Å²) in [7, 11) is 0. The van der Waals surface area contributed by atoms with Gasteiger partial charge in [-0.15, -0.1) is 0 Å². The normalized spacial score (nSPS) is 11.3. The van der Waals surface area contributed by atoms with Crippen LogP contribution in [0.1, 0.15) is 0 Å². The summed E-state index contributed by atoms with van der Waals surface area (Å²) in [5.74, 6) is 0. The second kappa shape index (κ2) is 10.1. The quantitative estimate of drug-likeness (QED) is 0.217. The van der Waals surface area contributed by atoms with Gasteiger partial charge >= 0.3 is 0 Å². The van der Waals surface area contributed by atoms with E-state index in [1.807, 2.05) is 12.1 Å². The van der Waals surface area contributed by atoms with Crippen LogP contribution in [-0.4, -0.2) is 0 Å². The van der Waals surface area contributed by atoms with Crippen LogP contribution >= 0.6 is 0 Å². The van der Waals surface area contributed by atoms with Gasteiger partial charge in [-0.25, -0.2) is 0 Å². The molecule has 42 heavy (non-hydrogen) atoms. The maximum atomic E-state index is 6.44. The summed E-state index contributed by atoms with van der Waals surface area (Å²) in [6, 6.07) is 57.9. The van der Waals surface area contributed by atoms with E-state index in [0.717, 1.165) is 39.0 Å². The van der Waals surface area contributed by atoms with Gasteiger partial charge in [-0.3, -0.25) is 0 Å². The Hall–Kier alpha value is -5.60. The van der Waals surface area contributed by atoms with Crippen molar-refractivity contribution in [3.63, 3.8) is 0 Å². The molecule has 0 amide bonds. The zero-order chi connectivity index (χ0) is 27.9. The lowest BCUT2D eigenvalue weighted by atomic mass is 9.99. The van der Waals surface area contributed by atoms with Crippen molar-refractivity contribution in [1.29, 1.82) is 0 Å². The van der Waals surface area contributed by atoms with Crippen molar-refractivity contribution in [2.45, 2.75) is 0 Å². The molecule has 0 aliphatic rings. The van der Waals surface area contributed by atoms with Crippen LogP contribution in [0.5, 0.6) is 0 Å².